The van der Waals surface area contributed by atoms with Gasteiger partial charge >= 0.3 is 0 Å². The largest absolute Gasteiger partial charge is 0.618 e. The predicted molar refractivity (Wildman–Crippen MR) is 136 cm³/mol. The van der Waals surface area contributed by atoms with Gasteiger partial charge in [-0.2, -0.15) is 4.73 Å². The second-order valence-electron chi connectivity index (χ2n) is 9.24. The van der Waals surface area contributed by atoms with Gasteiger partial charge in [0.2, 0.25) is 6.20 Å². The molecular weight excluding hydrogens is 471 g/mol. The van der Waals surface area contributed by atoms with E-state index in [0.29, 0.717) is 28.1 Å². The van der Waals surface area contributed by atoms with Crippen molar-refractivity contribution < 1.29 is 18.8 Å². The highest BCUT2D eigenvalue weighted by molar-refractivity contribution is 6.05. The van der Waals surface area contributed by atoms with Gasteiger partial charge in [0.05, 0.1) is 17.1 Å². The van der Waals surface area contributed by atoms with Crippen LogP contribution in [0.1, 0.15) is 64.7 Å². The van der Waals surface area contributed by atoms with Crippen LogP contribution in [0, 0.1) is 17.9 Å². The summed E-state index contributed by atoms with van der Waals surface area (Å²) in [6.45, 7) is 3.74. The molecule has 4 aromatic rings. The van der Waals surface area contributed by atoms with Crippen LogP contribution < -0.4 is 4.73 Å². The van der Waals surface area contributed by atoms with E-state index < -0.39 is 11.7 Å². The first-order valence-electron chi connectivity index (χ1n) is 12.0. The molecule has 0 N–H and O–H groups in total. The Bertz CT molecular complexity index is 1470. The average molecular weight is 497 g/mol. The van der Waals surface area contributed by atoms with Crippen molar-refractivity contribution in [1.29, 1.82) is 0 Å². The maximum Gasteiger partial charge on any atom is 0.216 e. The highest BCUT2D eigenvalue weighted by Crippen LogP contribution is 2.31. The molecule has 0 bridgehead atoms. The molecule has 0 radical (unpaired) electrons. The minimum absolute atomic E-state index is 0.0810. The Morgan fingerprint density at radius 2 is 1.97 bits per heavy atom. The number of carbonyl (C=O) groups excluding carboxylic acids is 1. The number of ketones is 1. The van der Waals surface area contributed by atoms with Crippen molar-refractivity contribution in [3.63, 3.8) is 0 Å². The number of hydrogen-bond donors (Lipinski definition) is 0. The highest BCUT2D eigenvalue weighted by atomic mass is 19.1. The Morgan fingerprint density at radius 3 is 2.70 bits per heavy atom. The first kappa shape index (κ1) is 24.2. The molecule has 0 aliphatic carbocycles. The van der Waals surface area contributed by atoms with Gasteiger partial charge in [0.15, 0.2) is 23.4 Å². The van der Waals surface area contributed by atoms with Crippen LogP contribution in [-0.2, 0) is 4.84 Å². The molecule has 37 heavy (non-hydrogen) atoms. The quantitative estimate of drug-likeness (QED) is 0.192. The summed E-state index contributed by atoms with van der Waals surface area (Å²) in [4.78, 5) is 28.0. The van der Waals surface area contributed by atoms with Crippen LogP contribution in [-0.4, -0.2) is 21.5 Å². The van der Waals surface area contributed by atoms with Crippen molar-refractivity contribution in [3.8, 4) is 11.3 Å². The van der Waals surface area contributed by atoms with Crippen molar-refractivity contribution >= 4 is 11.5 Å². The second-order valence-corrected chi connectivity index (χ2v) is 9.24. The molecule has 3 aromatic heterocycles. The van der Waals surface area contributed by atoms with Gasteiger partial charge in [-0.25, -0.2) is 4.39 Å². The van der Waals surface area contributed by atoms with Crippen molar-refractivity contribution in [1.82, 2.24) is 9.97 Å². The fraction of sp³-hybridized carbons (Fsp3) is 0.207. The van der Waals surface area contributed by atoms with Crippen LogP contribution in [0.25, 0.3) is 11.3 Å². The number of aromatic nitrogens is 3. The third-order valence-electron chi connectivity index (χ3n) is 6.39. The molecule has 4 heterocycles. The summed E-state index contributed by atoms with van der Waals surface area (Å²) in [6, 6.07) is 17.7. The smallest absolute Gasteiger partial charge is 0.216 e. The van der Waals surface area contributed by atoms with Gasteiger partial charge < -0.3 is 10.0 Å². The van der Waals surface area contributed by atoms with Crippen molar-refractivity contribution in [2.45, 2.75) is 38.7 Å². The van der Waals surface area contributed by atoms with Gasteiger partial charge in [-0.3, -0.25) is 14.8 Å². The first-order chi connectivity index (χ1) is 17.9. The Kier molecular flexibility index (Phi) is 6.72. The van der Waals surface area contributed by atoms with Crippen molar-refractivity contribution in [3.05, 3.63) is 118 Å². The summed E-state index contributed by atoms with van der Waals surface area (Å²) in [7, 11) is 0. The summed E-state index contributed by atoms with van der Waals surface area (Å²) in [5, 5.41) is 16.5. The zero-order valence-corrected chi connectivity index (χ0v) is 20.5. The van der Waals surface area contributed by atoms with Gasteiger partial charge in [-0.15, -0.1) is 0 Å². The second kappa shape index (κ2) is 10.3. The topological polar surface area (TPSA) is 91.4 Å². The molecule has 0 spiro atoms. The lowest BCUT2D eigenvalue weighted by molar-refractivity contribution is -0.617. The Balaban J connectivity index is 1.46. The molecule has 2 atom stereocenters. The van der Waals surface area contributed by atoms with E-state index in [4.69, 9.17) is 4.84 Å². The van der Waals surface area contributed by atoms with Crippen LogP contribution >= 0.6 is 0 Å². The molecule has 5 rings (SSSR count). The lowest BCUT2D eigenvalue weighted by Crippen LogP contribution is -2.33. The summed E-state index contributed by atoms with van der Waals surface area (Å²) < 4.78 is 13.9. The summed E-state index contributed by atoms with van der Waals surface area (Å²) in [5.41, 5.74) is 5.60. The molecule has 0 fully saturated rings. The predicted octanol–water partition coefficient (Wildman–Crippen LogP) is 5.47. The number of pyridine rings is 3. The van der Waals surface area contributed by atoms with Crippen molar-refractivity contribution in [2.75, 3.05) is 0 Å². The van der Waals surface area contributed by atoms with E-state index >= 15 is 0 Å². The number of rotatable bonds is 7. The van der Waals surface area contributed by atoms with E-state index in [-0.39, 0.29) is 18.3 Å². The average Bonchev–Trinajstić information content (AvgIpc) is 3.40. The van der Waals surface area contributed by atoms with E-state index in [1.54, 1.807) is 31.5 Å². The molecule has 7 nitrogen and oxygen atoms in total. The summed E-state index contributed by atoms with van der Waals surface area (Å²) >= 11 is 0. The Labute approximate surface area is 213 Å². The number of hydrogen-bond acceptors (Lipinski definition) is 6. The number of nitrogens with zero attached hydrogens (tertiary/aromatic N) is 4. The van der Waals surface area contributed by atoms with Crippen LogP contribution in [0.15, 0.2) is 84.4 Å². The number of benzene rings is 1. The lowest BCUT2D eigenvalue weighted by atomic mass is 9.92. The van der Waals surface area contributed by atoms with Crippen LogP contribution in [0.4, 0.5) is 4.39 Å². The maximum atomic E-state index is 13.4. The van der Waals surface area contributed by atoms with Gasteiger partial charge in [0.1, 0.15) is 0 Å². The molecular formula is C29H25FN4O3. The van der Waals surface area contributed by atoms with E-state index in [9.17, 15) is 14.4 Å². The Morgan fingerprint density at radius 1 is 1.14 bits per heavy atom. The summed E-state index contributed by atoms with van der Waals surface area (Å²) in [6.07, 6.45) is 4.65. The van der Waals surface area contributed by atoms with Gasteiger partial charge in [0.25, 0.3) is 0 Å². The molecule has 1 aliphatic rings. The normalized spacial score (nSPS) is 15.6. The van der Waals surface area contributed by atoms with Gasteiger partial charge in [-0.1, -0.05) is 24.2 Å². The molecule has 1 aliphatic heterocycles. The maximum absolute atomic E-state index is 13.4. The Hall–Kier alpha value is -4.46. The van der Waals surface area contributed by atoms with E-state index in [1.165, 1.54) is 12.1 Å². The van der Waals surface area contributed by atoms with Crippen LogP contribution in [0.3, 0.4) is 0 Å². The van der Waals surface area contributed by atoms with Crippen molar-refractivity contribution in [2.24, 2.45) is 5.16 Å². The minimum atomic E-state index is -0.621. The number of carbonyl (C=O) groups is 1. The molecule has 0 saturated carbocycles. The number of aryl methyl sites for hydroxylation is 1. The first-order valence-corrected chi connectivity index (χ1v) is 12.0. The number of halogens is 1. The van der Waals surface area contributed by atoms with Crippen LogP contribution in [0.5, 0.6) is 0 Å². The molecule has 186 valence electrons. The summed E-state index contributed by atoms with van der Waals surface area (Å²) in [5.74, 6) is -1.17. The highest BCUT2D eigenvalue weighted by Gasteiger charge is 2.27. The minimum Gasteiger partial charge on any atom is -0.618 e. The third kappa shape index (κ3) is 5.38. The van der Waals surface area contributed by atoms with Crippen LogP contribution in [0.2, 0.25) is 0 Å². The van der Waals surface area contributed by atoms with E-state index in [0.717, 1.165) is 34.3 Å². The standard InChI is InChI=1S/C29H25FN4O3/c1-18-6-8-24(32-16-18)20-12-21(26-15-29(37-33-26)25-5-3-4-10-31-25)14-22(13-20)28(35)11-19(2)27-9-7-23(30)17-34(27)36/h3-10,12-14,16-17,19,29H,11,15H2,1-2H3/t19-,29-/m0/s1. The zero-order chi connectivity index (χ0) is 25.9. The molecule has 8 heteroatoms. The molecule has 1 aromatic carbocycles. The lowest BCUT2D eigenvalue weighted by Gasteiger charge is -2.13. The fourth-order valence-electron chi connectivity index (χ4n) is 4.36. The van der Waals surface area contributed by atoms with Gasteiger partial charge in [-0.05, 0) is 55.0 Å². The number of Topliss-reactive ketones (excluding diaryl/α,β-unsaturated/α-hetero) is 1. The van der Waals surface area contributed by atoms with E-state index in [2.05, 4.69) is 15.1 Å². The van der Waals surface area contributed by atoms with Gasteiger partial charge in [0, 0.05) is 53.9 Å². The molecule has 0 saturated heterocycles. The number of oxime groups is 1. The fourth-order valence-corrected chi connectivity index (χ4v) is 4.36. The zero-order valence-electron chi connectivity index (χ0n) is 20.5. The molecule has 0 unspecified atom stereocenters. The SMILES string of the molecule is Cc1ccc(-c2cc(C(=O)C[C@H](C)c3ccc(F)c[n+]3[O-])cc(C3=NO[C@H](c4ccccn4)C3)c2)nc1. The third-order valence-corrected chi connectivity index (χ3v) is 6.39. The monoisotopic (exact) mass is 496 g/mol. The molecule has 0 amide bonds. The van der Waals surface area contributed by atoms with E-state index in [1.807, 2.05) is 43.3 Å².